The Morgan fingerprint density at radius 2 is 1.61 bits per heavy atom. The summed E-state index contributed by atoms with van der Waals surface area (Å²) < 4.78 is 15.8. The Bertz CT molecular complexity index is 655. The van der Waals surface area contributed by atoms with Crippen LogP contribution in [0.5, 0.6) is 11.5 Å². The van der Waals surface area contributed by atoms with Gasteiger partial charge in [0.05, 0.1) is 14.2 Å². The molecule has 0 saturated heterocycles. The van der Waals surface area contributed by atoms with E-state index in [0.717, 1.165) is 11.1 Å². The predicted molar refractivity (Wildman–Crippen MR) is 89.5 cm³/mol. The maximum absolute atomic E-state index is 11.9. The van der Waals surface area contributed by atoms with E-state index in [1.165, 1.54) is 6.08 Å². The first-order chi connectivity index (χ1) is 11.1. The first-order valence-electron chi connectivity index (χ1n) is 7.29. The minimum atomic E-state index is -0.400. The molecule has 0 unspecified atom stereocenters. The van der Waals surface area contributed by atoms with Gasteiger partial charge >= 0.3 is 5.97 Å². The third-order valence-corrected chi connectivity index (χ3v) is 3.35. The molecule has 0 aliphatic rings. The average Bonchev–Trinajstić information content (AvgIpc) is 2.60. The summed E-state index contributed by atoms with van der Waals surface area (Å²) in [4.78, 5) is 11.9. The van der Waals surface area contributed by atoms with E-state index in [-0.39, 0.29) is 6.10 Å². The van der Waals surface area contributed by atoms with Gasteiger partial charge in [0.1, 0.15) is 17.6 Å². The van der Waals surface area contributed by atoms with Crippen LogP contribution in [0.15, 0.2) is 54.6 Å². The number of hydrogen-bond donors (Lipinski definition) is 0. The molecule has 0 bridgehead atoms. The van der Waals surface area contributed by atoms with Crippen LogP contribution in [0.25, 0.3) is 6.08 Å². The fourth-order valence-corrected chi connectivity index (χ4v) is 2.10. The number of hydrogen-bond acceptors (Lipinski definition) is 4. The topological polar surface area (TPSA) is 44.8 Å². The second-order valence-electron chi connectivity index (χ2n) is 4.97. The molecule has 0 aromatic heterocycles. The molecule has 4 heteroatoms. The van der Waals surface area contributed by atoms with Gasteiger partial charge in [-0.1, -0.05) is 30.3 Å². The molecule has 0 aliphatic heterocycles. The number of ether oxygens (including phenoxy) is 3. The number of rotatable bonds is 6. The number of methoxy groups -OCH3 is 2. The standard InChI is InChI=1S/C19H20O4/c1-14(16-7-5-4-6-8-16)23-19(20)10-9-15-11-17(21-2)13-18(12-15)22-3/h4-14H,1-3H3/b10-9+/t14-/m1/s1. The van der Waals surface area contributed by atoms with Crippen molar-refractivity contribution in [3.05, 3.63) is 65.7 Å². The van der Waals surface area contributed by atoms with Gasteiger partial charge in [-0.15, -0.1) is 0 Å². The maximum Gasteiger partial charge on any atom is 0.331 e. The molecule has 0 radical (unpaired) electrons. The monoisotopic (exact) mass is 312 g/mol. The van der Waals surface area contributed by atoms with Gasteiger partial charge < -0.3 is 14.2 Å². The van der Waals surface area contributed by atoms with Crippen LogP contribution in [0.1, 0.15) is 24.2 Å². The van der Waals surface area contributed by atoms with E-state index in [0.29, 0.717) is 11.5 Å². The second-order valence-corrected chi connectivity index (χ2v) is 4.97. The van der Waals surface area contributed by atoms with Crippen molar-refractivity contribution in [3.63, 3.8) is 0 Å². The van der Waals surface area contributed by atoms with Crippen LogP contribution in [-0.2, 0) is 9.53 Å². The number of benzene rings is 2. The van der Waals surface area contributed by atoms with Crippen LogP contribution in [0.2, 0.25) is 0 Å². The largest absolute Gasteiger partial charge is 0.497 e. The smallest absolute Gasteiger partial charge is 0.331 e. The maximum atomic E-state index is 11.9. The van der Waals surface area contributed by atoms with Gasteiger partial charge in [0.15, 0.2) is 0 Å². The molecule has 0 saturated carbocycles. The van der Waals surface area contributed by atoms with Crippen LogP contribution in [0.3, 0.4) is 0 Å². The Hall–Kier alpha value is -2.75. The minimum absolute atomic E-state index is 0.298. The highest BCUT2D eigenvalue weighted by molar-refractivity contribution is 5.87. The lowest BCUT2D eigenvalue weighted by atomic mass is 10.1. The van der Waals surface area contributed by atoms with Gasteiger partial charge in [-0.3, -0.25) is 0 Å². The number of carbonyl (C=O) groups is 1. The fraction of sp³-hybridized carbons (Fsp3) is 0.211. The van der Waals surface area contributed by atoms with Crippen molar-refractivity contribution >= 4 is 12.0 Å². The molecule has 0 amide bonds. The summed E-state index contributed by atoms with van der Waals surface area (Å²) in [5.41, 5.74) is 1.75. The molecule has 2 aromatic rings. The summed E-state index contributed by atoms with van der Waals surface area (Å²) >= 11 is 0. The van der Waals surface area contributed by atoms with Crippen molar-refractivity contribution in [1.82, 2.24) is 0 Å². The highest BCUT2D eigenvalue weighted by Crippen LogP contribution is 2.23. The molecule has 2 aromatic carbocycles. The normalized spacial score (nSPS) is 12.0. The molecule has 4 nitrogen and oxygen atoms in total. The number of esters is 1. The molecule has 0 N–H and O–H groups in total. The molecular weight excluding hydrogens is 292 g/mol. The van der Waals surface area contributed by atoms with Gasteiger partial charge in [-0.25, -0.2) is 4.79 Å². The molecule has 0 heterocycles. The summed E-state index contributed by atoms with van der Waals surface area (Å²) in [5, 5.41) is 0. The van der Waals surface area contributed by atoms with Crippen molar-refractivity contribution in [1.29, 1.82) is 0 Å². The van der Waals surface area contributed by atoms with Gasteiger partial charge in [0, 0.05) is 12.1 Å². The molecule has 2 rings (SSSR count). The molecule has 0 spiro atoms. The van der Waals surface area contributed by atoms with Crippen LogP contribution >= 0.6 is 0 Å². The first kappa shape index (κ1) is 16.6. The van der Waals surface area contributed by atoms with Crippen molar-refractivity contribution in [2.75, 3.05) is 14.2 Å². The lowest BCUT2D eigenvalue weighted by molar-refractivity contribution is -0.142. The summed E-state index contributed by atoms with van der Waals surface area (Å²) in [6.45, 7) is 1.84. The molecule has 23 heavy (non-hydrogen) atoms. The molecule has 0 aliphatic carbocycles. The van der Waals surface area contributed by atoms with Crippen LogP contribution in [0, 0.1) is 0 Å². The SMILES string of the molecule is COc1cc(/C=C/C(=O)O[C@H](C)c2ccccc2)cc(OC)c1. The molecule has 1 atom stereocenters. The van der Waals surface area contributed by atoms with Crippen molar-refractivity contribution in [2.45, 2.75) is 13.0 Å². The number of carbonyl (C=O) groups excluding carboxylic acids is 1. The summed E-state index contributed by atoms with van der Waals surface area (Å²) in [6, 6.07) is 15.0. The zero-order valence-electron chi connectivity index (χ0n) is 13.5. The Labute approximate surface area is 136 Å². The van der Waals surface area contributed by atoms with Crippen LogP contribution in [-0.4, -0.2) is 20.2 Å². The Balaban J connectivity index is 2.03. The van der Waals surface area contributed by atoms with Crippen LogP contribution < -0.4 is 9.47 Å². The van der Waals surface area contributed by atoms with Gasteiger partial charge in [0.2, 0.25) is 0 Å². The third kappa shape index (κ3) is 4.88. The predicted octanol–water partition coefficient (Wildman–Crippen LogP) is 4.02. The summed E-state index contributed by atoms with van der Waals surface area (Å²) in [5.74, 6) is 0.924. The Morgan fingerprint density at radius 3 is 2.17 bits per heavy atom. The molecular formula is C19H20O4. The zero-order chi connectivity index (χ0) is 16.7. The fourth-order valence-electron chi connectivity index (χ4n) is 2.10. The van der Waals surface area contributed by atoms with E-state index < -0.39 is 5.97 Å². The summed E-state index contributed by atoms with van der Waals surface area (Å²) in [6.07, 6.45) is 2.77. The van der Waals surface area contributed by atoms with Crippen molar-refractivity contribution in [2.24, 2.45) is 0 Å². The third-order valence-electron chi connectivity index (χ3n) is 3.35. The summed E-state index contributed by atoms with van der Waals surface area (Å²) in [7, 11) is 3.16. The zero-order valence-corrected chi connectivity index (χ0v) is 13.5. The average molecular weight is 312 g/mol. The minimum Gasteiger partial charge on any atom is -0.497 e. The Kier molecular flexibility index (Phi) is 5.80. The second kappa shape index (κ2) is 8.03. The quantitative estimate of drug-likeness (QED) is 0.597. The van der Waals surface area contributed by atoms with Gasteiger partial charge in [-0.2, -0.15) is 0 Å². The van der Waals surface area contributed by atoms with Crippen molar-refractivity contribution in [3.8, 4) is 11.5 Å². The van der Waals surface area contributed by atoms with E-state index in [2.05, 4.69) is 0 Å². The van der Waals surface area contributed by atoms with Crippen LogP contribution in [0.4, 0.5) is 0 Å². The Morgan fingerprint density at radius 1 is 1.00 bits per heavy atom. The lowest BCUT2D eigenvalue weighted by Gasteiger charge is -2.11. The highest BCUT2D eigenvalue weighted by atomic mass is 16.5. The van der Waals surface area contributed by atoms with Crippen molar-refractivity contribution < 1.29 is 19.0 Å². The molecule has 120 valence electrons. The van der Waals surface area contributed by atoms with Gasteiger partial charge in [0.25, 0.3) is 0 Å². The first-order valence-corrected chi connectivity index (χ1v) is 7.29. The van der Waals surface area contributed by atoms with E-state index in [9.17, 15) is 4.79 Å². The van der Waals surface area contributed by atoms with E-state index in [4.69, 9.17) is 14.2 Å². The highest BCUT2D eigenvalue weighted by Gasteiger charge is 2.09. The van der Waals surface area contributed by atoms with E-state index in [1.54, 1.807) is 26.4 Å². The van der Waals surface area contributed by atoms with E-state index >= 15 is 0 Å². The lowest BCUT2D eigenvalue weighted by Crippen LogP contribution is -2.05. The van der Waals surface area contributed by atoms with Gasteiger partial charge in [-0.05, 0) is 36.3 Å². The van der Waals surface area contributed by atoms with E-state index in [1.807, 2.05) is 49.4 Å². The molecule has 0 fully saturated rings.